The molecule has 0 heterocycles. The molecule has 0 aromatic heterocycles. The zero-order chi connectivity index (χ0) is 13.5. The van der Waals surface area contributed by atoms with E-state index in [9.17, 15) is 0 Å². The summed E-state index contributed by atoms with van der Waals surface area (Å²) in [7, 11) is 0. The maximum absolute atomic E-state index is 5.69. The van der Waals surface area contributed by atoms with E-state index in [1.165, 1.54) is 5.56 Å². The number of rotatable bonds is 6. The second kappa shape index (κ2) is 6.95. The van der Waals surface area contributed by atoms with E-state index < -0.39 is 0 Å². The highest BCUT2D eigenvalue weighted by atomic mass is 16.5. The molecule has 2 heteroatoms. The Morgan fingerprint density at radius 3 is 1.95 bits per heavy atom. The molecule has 2 aromatic carbocycles. The van der Waals surface area contributed by atoms with Crippen molar-refractivity contribution in [1.29, 1.82) is 0 Å². The SMILES string of the molecule is CC(C)Oc1ccc(COCc2ccccc2)cc1. The van der Waals surface area contributed by atoms with Gasteiger partial charge in [-0.3, -0.25) is 0 Å². The van der Waals surface area contributed by atoms with Crippen LogP contribution in [0, 0.1) is 0 Å². The van der Waals surface area contributed by atoms with E-state index in [0.717, 1.165) is 11.3 Å². The third-order valence-corrected chi connectivity index (χ3v) is 2.68. The molecule has 0 N–H and O–H groups in total. The molecule has 2 nitrogen and oxygen atoms in total. The molecule has 0 saturated carbocycles. The van der Waals surface area contributed by atoms with Gasteiger partial charge in [0, 0.05) is 0 Å². The number of hydrogen-bond donors (Lipinski definition) is 0. The fourth-order valence-corrected chi connectivity index (χ4v) is 1.80. The van der Waals surface area contributed by atoms with Crippen molar-refractivity contribution < 1.29 is 9.47 Å². The largest absolute Gasteiger partial charge is 0.491 e. The van der Waals surface area contributed by atoms with Gasteiger partial charge in [0.1, 0.15) is 5.75 Å². The Kier molecular flexibility index (Phi) is 4.99. The van der Waals surface area contributed by atoms with Crippen LogP contribution >= 0.6 is 0 Å². The topological polar surface area (TPSA) is 18.5 Å². The molecule has 0 aliphatic rings. The van der Waals surface area contributed by atoms with Gasteiger partial charge < -0.3 is 9.47 Å². The summed E-state index contributed by atoms with van der Waals surface area (Å²) in [6.45, 7) is 5.32. The van der Waals surface area contributed by atoms with E-state index in [1.54, 1.807) is 0 Å². The van der Waals surface area contributed by atoms with Crippen LogP contribution in [0.1, 0.15) is 25.0 Å². The second-order valence-corrected chi connectivity index (χ2v) is 4.79. The lowest BCUT2D eigenvalue weighted by molar-refractivity contribution is 0.107. The van der Waals surface area contributed by atoms with Crippen LogP contribution in [-0.4, -0.2) is 6.10 Å². The van der Waals surface area contributed by atoms with E-state index >= 15 is 0 Å². The molecule has 19 heavy (non-hydrogen) atoms. The maximum Gasteiger partial charge on any atom is 0.119 e. The molecule has 2 aromatic rings. The summed E-state index contributed by atoms with van der Waals surface area (Å²) in [5.41, 5.74) is 2.36. The van der Waals surface area contributed by atoms with Gasteiger partial charge in [0.05, 0.1) is 19.3 Å². The lowest BCUT2D eigenvalue weighted by atomic mass is 10.2. The Bertz CT molecular complexity index is 474. The van der Waals surface area contributed by atoms with Gasteiger partial charge in [0.15, 0.2) is 0 Å². The number of benzene rings is 2. The summed E-state index contributed by atoms with van der Waals surface area (Å²) in [5, 5.41) is 0. The van der Waals surface area contributed by atoms with Crippen molar-refractivity contribution >= 4 is 0 Å². The highest BCUT2D eigenvalue weighted by Crippen LogP contribution is 2.14. The van der Waals surface area contributed by atoms with Crippen LogP contribution in [0.5, 0.6) is 5.75 Å². The quantitative estimate of drug-likeness (QED) is 0.771. The summed E-state index contributed by atoms with van der Waals surface area (Å²) in [4.78, 5) is 0. The first-order valence-corrected chi connectivity index (χ1v) is 6.61. The first kappa shape index (κ1) is 13.6. The molecule has 0 unspecified atom stereocenters. The van der Waals surface area contributed by atoms with Gasteiger partial charge in [0.25, 0.3) is 0 Å². The highest BCUT2D eigenvalue weighted by Gasteiger charge is 1.99. The molecular weight excluding hydrogens is 236 g/mol. The lowest BCUT2D eigenvalue weighted by Crippen LogP contribution is -2.05. The Morgan fingerprint density at radius 2 is 1.37 bits per heavy atom. The maximum atomic E-state index is 5.69. The molecule has 100 valence electrons. The van der Waals surface area contributed by atoms with Crippen LogP contribution in [0.4, 0.5) is 0 Å². The molecule has 0 amide bonds. The molecule has 0 fully saturated rings. The third kappa shape index (κ3) is 4.76. The number of hydrogen-bond acceptors (Lipinski definition) is 2. The second-order valence-electron chi connectivity index (χ2n) is 4.79. The Morgan fingerprint density at radius 1 is 0.789 bits per heavy atom. The monoisotopic (exact) mass is 256 g/mol. The van der Waals surface area contributed by atoms with E-state index in [4.69, 9.17) is 9.47 Å². The van der Waals surface area contributed by atoms with Gasteiger partial charge in [-0.25, -0.2) is 0 Å². The number of ether oxygens (including phenoxy) is 2. The minimum absolute atomic E-state index is 0.209. The van der Waals surface area contributed by atoms with E-state index in [-0.39, 0.29) is 6.10 Å². The van der Waals surface area contributed by atoms with Crippen LogP contribution < -0.4 is 4.74 Å². The smallest absolute Gasteiger partial charge is 0.119 e. The molecule has 0 bridgehead atoms. The Balaban J connectivity index is 1.80. The highest BCUT2D eigenvalue weighted by molar-refractivity contribution is 5.27. The van der Waals surface area contributed by atoms with Crippen molar-refractivity contribution in [1.82, 2.24) is 0 Å². The molecule has 0 spiro atoms. The van der Waals surface area contributed by atoms with Crippen LogP contribution in [-0.2, 0) is 18.0 Å². The van der Waals surface area contributed by atoms with Gasteiger partial charge in [-0.2, -0.15) is 0 Å². The van der Waals surface area contributed by atoms with Crippen LogP contribution in [0.3, 0.4) is 0 Å². The van der Waals surface area contributed by atoms with Crippen molar-refractivity contribution in [2.75, 3.05) is 0 Å². The predicted molar refractivity (Wildman–Crippen MR) is 77.1 cm³/mol. The summed E-state index contributed by atoms with van der Waals surface area (Å²) >= 11 is 0. The van der Waals surface area contributed by atoms with Crippen LogP contribution in [0.2, 0.25) is 0 Å². The molecule has 0 aliphatic carbocycles. The van der Waals surface area contributed by atoms with Crippen LogP contribution in [0.25, 0.3) is 0 Å². The van der Waals surface area contributed by atoms with E-state index in [2.05, 4.69) is 12.1 Å². The molecule has 0 atom stereocenters. The van der Waals surface area contributed by atoms with Crippen molar-refractivity contribution in [2.45, 2.75) is 33.2 Å². The zero-order valence-corrected chi connectivity index (χ0v) is 11.5. The van der Waals surface area contributed by atoms with Crippen molar-refractivity contribution in [3.05, 3.63) is 65.7 Å². The summed E-state index contributed by atoms with van der Waals surface area (Å²) in [6.07, 6.45) is 0.209. The molecule has 2 rings (SSSR count). The summed E-state index contributed by atoms with van der Waals surface area (Å²) in [5.74, 6) is 0.904. The Hall–Kier alpha value is -1.80. The fraction of sp³-hybridized carbons (Fsp3) is 0.294. The molecular formula is C17H20O2. The average molecular weight is 256 g/mol. The average Bonchev–Trinajstić information content (AvgIpc) is 2.41. The van der Waals surface area contributed by atoms with E-state index in [0.29, 0.717) is 13.2 Å². The normalized spacial score (nSPS) is 10.7. The Labute approximate surface area is 115 Å². The van der Waals surface area contributed by atoms with Gasteiger partial charge in [0.2, 0.25) is 0 Å². The van der Waals surface area contributed by atoms with Gasteiger partial charge in [-0.15, -0.1) is 0 Å². The minimum atomic E-state index is 0.209. The van der Waals surface area contributed by atoms with Gasteiger partial charge in [-0.1, -0.05) is 42.5 Å². The first-order chi connectivity index (χ1) is 9.24. The summed E-state index contributed by atoms with van der Waals surface area (Å²) < 4.78 is 11.3. The van der Waals surface area contributed by atoms with Crippen LogP contribution in [0.15, 0.2) is 54.6 Å². The van der Waals surface area contributed by atoms with Crippen molar-refractivity contribution in [3.8, 4) is 5.75 Å². The van der Waals surface area contributed by atoms with Gasteiger partial charge >= 0.3 is 0 Å². The predicted octanol–water partition coefficient (Wildman–Crippen LogP) is 4.19. The molecule has 0 saturated heterocycles. The van der Waals surface area contributed by atoms with E-state index in [1.807, 2.05) is 56.3 Å². The third-order valence-electron chi connectivity index (χ3n) is 2.68. The van der Waals surface area contributed by atoms with Crippen molar-refractivity contribution in [2.24, 2.45) is 0 Å². The zero-order valence-electron chi connectivity index (χ0n) is 11.5. The van der Waals surface area contributed by atoms with Gasteiger partial charge in [-0.05, 0) is 37.1 Å². The molecule has 0 aliphatic heterocycles. The summed E-state index contributed by atoms with van der Waals surface area (Å²) in [6, 6.07) is 18.3. The molecule has 0 radical (unpaired) electrons. The lowest BCUT2D eigenvalue weighted by Gasteiger charge is -2.10. The fourth-order valence-electron chi connectivity index (χ4n) is 1.80. The van der Waals surface area contributed by atoms with Crippen molar-refractivity contribution in [3.63, 3.8) is 0 Å². The first-order valence-electron chi connectivity index (χ1n) is 6.61. The standard InChI is InChI=1S/C17H20O2/c1-14(2)19-17-10-8-16(9-11-17)13-18-12-15-6-4-3-5-7-15/h3-11,14H,12-13H2,1-2H3. The minimum Gasteiger partial charge on any atom is -0.491 e.